The monoisotopic (exact) mass is 434 g/mol. The zero-order valence-corrected chi connectivity index (χ0v) is 18.0. The number of carbonyl (C=O) groups is 1. The van der Waals surface area contributed by atoms with E-state index in [2.05, 4.69) is 20.3 Å². The van der Waals surface area contributed by atoms with Gasteiger partial charge in [0.1, 0.15) is 17.3 Å². The van der Waals surface area contributed by atoms with Gasteiger partial charge in [-0.15, -0.1) is 5.10 Å². The number of hydrogen-bond donors (Lipinski definition) is 1. The topological polar surface area (TPSA) is 92.8 Å². The Labute approximate surface area is 184 Å². The minimum Gasteiger partial charge on any atom is -0.462 e. The fraction of sp³-hybridized carbons (Fsp3) is 0.182. The number of amides is 1. The molecule has 0 aliphatic rings. The third kappa shape index (κ3) is 5.52. The first-order valence-electron chi connectivity index (χ1n) is 9.69. The van der Waals surface area contributed by atoms with Crippen LogP contribution in [0.1, 0.15) is 22.9 Å². The first-order chi connectivity index (χ1) is 15.1. The molecule has 0 bridgehead atoms. The molecule has 4 rings (SSSR count). The van der Waals surface area contributed by atoms with E-state index in [9.17, 15) is 4.79 Å². The highest BCUT2D eigenvalue weighted by Gasteiger charge is 2.13. The lowest BCUT2D eigenvalue weighted by atomic mass is 10.3. The molecular weight excluding hydrogens is 412 g/mol. The SMILES string of the molecule is Cc1ccc(/C=C/c2nc(SCC(=O)N(C)Cc3cnn(-c4ccccc4)c3)n[nH]2)o1. The van der Waals surface area contributed by atoms with Gasteiger partial charge in [0.25, 0.3) is 0 Å². The van der Waals surface area contributed by atoms with Gasteiger partial charge >= 0.3 is 0 Å². The summed E-state index contributed by atoms with van der Waals surface area (Å²) in [5, 5.41) is 11.9. The lowest BCUT2D eigenvalue weighted by Gasteiger charge is -2.15. The summed E-state index contributed by atoms with van der Waals surface area (Å²) in [5.41, 5.74) is 1.94. The molecule has 0 unspecified atom stereocenters. The van der Waals surface area contributed by atoms with E-state index in [1.807, 2.05) is 61.7 Å². The van der Waals surface area contributed by atoms with Crippen molar-refractivity contribution in [2.24, 2.45) is 0 Å². The van der Waals surface area contributed by atoms with Crippen molar-refractivity contribution in [2.75, 3.05) is 12.8 Å². The summed E-state index contributed by atoms with van der Waals surface area (Å²) in [6.07, 6.45) is 7.31. The molecule has 0 saturated carbocycles. The average Bonchev–Trinajstić information content (AvgIpc) is 3.52. The van der Waals surface area contributed by atoms with Crippen LogP contribution in [0.4, 0.5) is 0 Å². The van der Waals surface area contributed by atoms with Gasteiger partial charge in [0.15, 0.2) is 0 Å². The number of para-hydroxylation sites is 1. The number of rotatable bonds is 8. The number of H-pyrrole nitrogens is 1. The highest BCUT2D eigenvalue weighted by atomic mass is 32.2. The van der Waals surface area contributed by atoms with Crippen LogP contribution in [-0.4, -0.2) is 48.6 Å². The highest BCUT2D eigenvalue weighted by molar-refractivity contribution is 7.99. The molecule has 4 aromatic rings. The molecule has 31 heavy (non-hydrogen) atoms. The van der Waals surface area contributed by atoms with Gasteiger partial charge in [-0.3, -0.25) is 9.89 Å². The van der Waals surface area contributed by atoms with Crippen LogP contribution in [0.15, 0.2) is 64.4 Å². The van der Waals surface area contributed by atoms with Crippen LogP contribution in [0.5, 0.6) is 0 Å². The number of benzene rings is 1. The van der Waals surface area contributed by atoms with Crippen molar-refractivity contribution in [3.05, 3.63) is 77.8 Å². The number of nitrogens with one attached hydrogen (secondary N) is 1. The standard InChI is InChI=1S/C22H22N6O2S/c1-16-8-9-19(30-16)10-11-20-24-22(26-25-20)31-15-21(29)27(2)13-17-12-23-28(14-17)18-6-4-3-5-7-18/h3-12,14H,13,15H2,1-2H3,(H,24,25,26)/b11-10+. The molecule has 8 nitrogen and oxygen atoms in total. The fourth-order valence-electron chi connectivity index (χ4n) is 2.86. The van der Waals surface area contributed by atoms with Gasteiger partial charge in [-0.2, -0.15) is 5.10 Å². The molecule has 0 spiro atoms. The minimum atomic E-state index is -0.00888. The Bertz CT molecular complexity index is 1180. The maximum atomic E-state index is 12.5. The molecular formula is C22H22N6O2S. The number of carbonyl (C=O) groups excluding carboxylic acids is 1. The highest BCUT2D eigenvalue weighted by Crippen LogP contribution is 2.16. The van der Waals surface area contributed by atoms with Gasteiger partial charge in [0, 0.05) is 25.4 Å². The van der Waals surface area contributed by atoms with Crippen LogP contribution >= 0.6 is 11.8 Å². The third-order valence-electron chi connectivity index (χ3n) is 4.48. The Morgan fingerprint density at radius 3 is 2.84 bits per heavy atom. The summed E-state index contributed by atoms with van der Waals surface area (Å²) in [5.74, 6) is 2.44. The summed E-state index contributed by atoms with van der Waals surface area (Å²) >= 11 is 1.29. The smallest absolute Gasteiger partial charge is 0.233 e. The number of aromatic nitrogens is 5. The molecule has 0 atom stereocenters. The van der Waals surface area contributed by atoms with Crippen molar-refractivity contribution in [1.29, 1.82) is 0 Å². The lowest BCUT2D eigenvalue weighted by Crippen LogP contribution is -2.27. The molecule has 0 aliphatic heterocycles. The summed E-state index contributed by atoms with van der Waals surface area (Å²) in [7, 11) is 1.78. The van der Waals surface area contributed by atoms with Gasteiger partial charge in [-0.25, -0.2) is 9.67 Å². The summed E-state index contributed by atoms with van der Waals surface area (Å²) < 4.78 is 7.28. The zero-order chi connectivity index (χ0) is 21.6. The third-order valence-corrected chi connectivity index (χ3v) is 5.31. The van der Waals surface area contributed by atoms with E-state index >= 15 is 0 Å². The normalized spacial score (nSPS) is 11.3. The fourth-order valence-corrected chi connectivity index (χ4v) is 3.61. The van der Waals surface area contributed by atoms with E-state index in [1.54, 1.807) is 28.9 Å². The zero-order valence-electron chi connectivity index (χ0n) is 17.2. The summed E-state index contributed by atoms with van der Waals surface area (Å²) in [6.45, 7) is 2.38. The summed E-state index contributed by atoms with van der Waals surface area (Å²) in [4.78, 5) is 18.5. The minimum absolute atomic E-state index is 0.00888. The predicted molar refractivity (Wildman–Crippen MR) is 120 cm³/mol. The van der Waals surface area contributed by atoms with Gasteiger partial charge in [0.2, 0.25) is 11.1 Å². The van der Waals surface area contributed by atoms with Gasteiger partial charge in [-0.1, -0.05) is 30.0 Å². The second-order valence-electron chi connectivity index (χ2n) is 6.95. The molecule has 1 N–H and O–H groups in total. The molecule has 0 saturated heterocycles. The van der Waals surface area contributed by atoms with Crippen LogP contribution in [-0.2, 0) is 11.3 Å². The van der Waals surface area contributed by atoms with Crippen molar-refractivity contribution in [3.8, 4) is 5.69 Å². The Balaban J connectivity index is 1.27. The Morgan fingerprint density at radius 1 is 1.23 bits per heavy atom. The van der Waals surface area contributed by atoms with E-state index in [4.69, 9.17) is 4.42 Å². The molecule has 0 radical (unpaired) electrons. The van der Waals surface area contributed by atoms with Gasteiger partial charge in [0.05, 0.1) is 17.6 Å². The van der Waals surface area contributed by atoms with Crippen molar-refractivity contribution < 1.29 is 9.21 Å². The molecule has 3 aromatic heterocycles. The Hall–Kier alpha value is -3.59. The first kappa shape index (κ1) is 20.7. The number of nitrogens with zero attached hydrogens (tertiary/aromatic N) is 5. The number of aryl methyl sites for hydroxylation is 1. The number of thioether (sulfide) groups is 1. The quantitative estimate of drug-likeness (QED) is 0.424. The van der Waals surface area contributed by atoms with Gasteiger partial charge < -0.3 is 9.32 Å². The Kier molecular flexibility index (Phi) is 6.32. The van der Waals surface area contributed by atoms with E-state index in [0.717, 1.165) is 22.8 Å². The molecule has 158 valence electrons. The first-order valence-corrected chi connectivity index (χ1v) is 10.7. The van der Waals surface area contributed by atoms with Crippen LogP contribution in [0.3, 0.4) is 0 Å². The Morgan fingerprint density at radius 2 is 2.06 bits per heavy atom. The van der Waals surface area contributed by atoms with Crippen molar-refractivity contribution in [2.45, 2.75) is 18.6 Å². The molecule has 9 heteroatoms. The van der Waals surface area contributed by atoms with Crippen molar-refractivity contribution in [3.63, 3.8) is 0 Å². The van der Waals surface area contributed by atoms with E-state index in [0.29, 0.717) is 17.5 Å². The van der Waals surface area contributed by atoms with E-state index < -0.39 is 0 Å². The van der Waals surface area contributed by atoms with Crippen LogP contribution in [0.2, 0.25) is 0 Å². The second-order valence-corrected chi connectivity index (χ2v) is 7.89. The number of hydrogen-bond acceptors (Lipinski definition) is 6. The van der Waals surface area contributed by atoms with Crippen LogP contribution in [0, 0.1) is 6.92 Å². The number of furan rings is 1. The van der Waals surface area contributed by atoms with E-state index in [-0.39, 0.29) is 11.7 Å². The number of aromatic amines is 1. The maximum absolute atomic E-state index is 12.5. The predicted octanol–water partition coefficient (Wildman–Crippen LogP) is 3.81. The molecule has 3 heterocycles. The summed E-state index contributed by atoms with van der Waals surface area (Å²) in [6, 6.07) is 13.6. The van der Waals surface area contributed by atoms with Crippen LogP contribution in [0.25, 0.3) is 17.8 Å². The largest absolute Gasteiger partial charge is 0.462 e. The van der Waals surface area contributed by atoms with Crippen LogP contribution < -0.4 is 0 Å². The van der Waals surface area contributed by atoms with Crippen molar-refractivity contribution in [1.82, 2.24) is 29.9 Å². The van der Waals surface area contributed by atoms with Crippen molar-refractivity contribution >= 4 is 29.8 Å². The lowest BCUT2D eigenvalue weighted by molar-refractivity contribution is -0.127. The molecule has 0 aliphatic carbocycles. The van der Waals surface area contributed by atoms with Gasteiger partial charge in [-0.05, 0) is 43.3 Å². The molecule has 0 fully saturated rings. The molecule has 1 aromatic carbocycles. The molecule has 1 amide bonds. The average molecular weight is 435 g/mol. The van der Waals surface area contributed by atoms with E-state index in [1.165, 1.54) is 11.8 Å². The maximum Gasteiger partial charge on any atom is 0.233 e. The second kappa shape index (κ2) is 9.48.